The molecule has 3 aromatic heterocycles. The maximum atomic E-state index is 4.80. The second-order valence-electron chi connectivity index (χ2n) is 5.70. The van der Waals surface area contributed by atoms with E-state index in [0.29, 0.717) is 0 Å². The summed E-state index contributed by atoms with van der Waals surface area (Å²) < 4.78 is 2.27. The van der Waals surface area contributed by atoms with Crippen LogP contribution in [0.2, 0.25) is 0 Å². The van der Waals surface area contributed by atoms with E-state index in [1.54, 1.807) is 22.7 Å². The lowest BCUT2D eigenvalue weighted by Crippen LogP contribution is -2.16. The van der Waals surface area contributed by atoms with Gasteiger partial charge in [0.1, 0.15) is 0 Å². The van der Waals surface area contributed by atoms with Gasteiger partial charge in [0, 0.05) is 11.1 Å². The van der Waals surface area contributed by atoms with Gasteiger partial charge in [0.2, 0.25) is 0 Å². The van der Waals surface area contributed by atoms with Crippen LogP contribution in [0.3, 0.4) is 0 Å². The molecular weight excluding hydrogens is 346 g/mol. The highest BCUT2D eigenvalue weighted by molar-refractivity contribution is 7.14. The van der Waals surface area contributed by atoms with Crippen molar-refractivity contribution in [1.82, 2.24) is 9.55 Å². The van der Waals surface area contributed by atoms with Crippen molar-refractivity contribution in [2.24, 2.45) is 4.99 Å². The maximum absolute atomic E-state index is 4.80. The lowest BCUT2D eigenvalue weighted by atomic mass is 10.2. The van der Waals surface area contributed by atoms with E-state index in [1.165, 1.54) is 16.1 Å². The molecule has 0 bridgehead atoms. The molecule has 0 fully saturated rings. The second kappa shape index (κ2) is 7.17. The zero-order valence-corrected chi connectivity index (χ0v) is 15.4. The normalized spacial score (nSPS) is 11.8. The summed E-state index contributed by atoms with van der Waals surface area (Å²) in [5.74, 6) is 0.751. The van der Waals surface area contributed by atoms with Crippen molar-refractivity contribution < 1.29 is 0 Å². The molecule has 124 valence electrons. The number of rotatable bonds is 4. The molecule has 0 unspecified atom stereocenters. The highest BCUT2D eigenvalue weighted by Gasteiger charge is 2.10. The van der Waals surface area contributed by atoms with Crippen LogP contribution in [-0.4, -0.2) is 9.55 Å². The minimum atomic E-state index is 0.751. The molecule has 4 rings (SSSR count). The van der Waals surface area contributed by atoms with Gasteiger partial charge in [-0.2, -0.15) is 0 Å². The number of aryl methyl sites for hydroxylation is 1. The Bertz CT molecular complexity index is 1030. The minimum absolute atomic E-state index is 0.751. The van der Waals surface area contributed by atoms with Crippen LogP contribution < -0.4 is 4.80 Å². The summed E-state index contributed by atoms with van der Waals surface area (Å²) in [6.07, 6.45) is 0. The summed E-state index contributed by atoms with van der Waals surface area (Å²) in [5, 5.41) is 4.29. The summed E-state index contributed by atoms with van der Waals surface area (Å²) in [7, 11) is 0. The van der Waals surface area contributed by atoms with Crippen molar-refractivity contribution in [3.63, 3.8) is 0 Å². The van der Waals surface area contributed by atoms with Crippen LogP contribution >= 0.6 is 22.7 Å². The van der Waals surface area contributed by atoms with Gasteiger partial charge < -0.3 is 4.57 Å². The fourth-order valence-corrected chi connectivity index (χ4v) is 4.38. The van der Waals surface area contributed by atoms with Gasteiger partial charge in [0.15, 0.2) is 10.6 Å². The Morgan fingerprint density at radius 2 is 1.84 bits per heavy atom. The number of thiophene rings is 1. The molecule has 0 saturated heterocycles. The van der Waals surface area contributed by atoms with Gasteiger partial charge in [0.25, 0.3) is 0 Å². The van der Waals surface area contributed by atoms with E-state index in [-0.39, 0.29) is 0 Å². The highest BCUT2D eigenvalue weighted by atomic mass is 32.1. The number of aromatic nitrogens is 2. The lowest BCUT2D eigenvalue weighted by molar-refractivity contribution is 0.778. The van der Waals surface area contributed by atoms with E-state index >= 15 is 0 Å². The number of benzene rings is 1. The van der Waals surface area contributed by atoms with Gasteiger partial charge in [-0.1, -0.05) is 42.5 Å². The molecule has 0 aliphatic rings. The standard InChI is InChI=1S/C20H17N3S2/c1-15-7-5-11-19(21-15)22-20-23(13-16-8-3-2-4-9-16)17(14-25-20)18-10-6-12-24-18/h2-12,14H,13H2,1H3/b22-20-. The molecule has 0 amide bonds. The molecule has 1 aromatic carbocycles. The van der Waals surface area contributed by atoms with Crippen LogP contribution in [0, 0.1) is 6.92 Å². The summed E-state index contributed by atoms with van der Waals surface area (Å²) >= 11 is 3.41. The molecule has 0 N–H and O–H groups in total. The molecule has 0 radical (unpaired) electrons. The quantitative estimate of drug-likeness (QED) is 0.486. The van der Waals surface area contributed by atoms with E-state index in [1.807, 2.05) is 31.2 Å². The third-order valence-corrected chi connectivity index (χ3v) is 5.59. The molecule has 3 heterocycles. The third-order valence-electron chi connectivity index (χ3n) is 3.84. The van der Waals surface area contributed by atoms with Gasteiger partial charge >= 0.3 is 0 Å². The Morgan fingerprint density at radius 1 is 0.960 bits per heavy atom. The van der Waals surface area contributed by atoms with Crippen molar-refractivity contribution in [1.29, 1.82) is 0 Å². The predicted molar refractivity (Wildman–Crippen MR) is 105 cm³/mol. The number of hydrogen-bond donors (Lipinski definition) is 0. The molecule has 5 heteroatoms. The number of thiazole rings is 1. The van der Waals surface area contributed by atoms with Crippen LogP contribution in [-0.2, 0) is 6.54 Å². The Labute approximate surface area is 154 Å². The van der Waals surface area contributed by atoms with Crippen LogP contribution in [0.1, 0.15) is 11.3 Å². The first-order valence-corrected chi connectivity index (χ1v) is 9.80. The van der Waals surface area contributed by atoms with Crippen LogP contribution in [0.5, 0.6) is 0 Å². The first-order valence-electron chi connectivity index (χ1n) is 8.04. The predicted octanol–water partition coefficient (Wildman–Crippen LogP) is 5.26. The maximum Gasteiger partial charge on any atom is 0.192 e. The highest BCUT2D eigenvalue weighted by Crippen LogP contribution is 2.26. The van der Waals surface area contributed by atoms with Crippen LogP contribution in [0.25, 0.3) is 10.6 Å². The number of hydrogen-bond acceptors (Lipinski definition) is 4. The monoisotopic (exact) mass is 363 g/mol. The van der Waals surface area contributed by atoms with Gasteiger partial charge in [-0.15, -0.1) is 22.7 Å². The van der Waals surface area contributed by atoms with Crippen LogP contribution in [0.15, 0.2) is 76.4 Å². The van der Waals surface area contributed by atoms with Gasteiger partial charge in [0.05, 0.1) is 17.1 Å². The Hall–Kier alpha value is -2.50. The molecular formula is C20H17N3S2. The smallest absolute Gasteiger partial charge is 0.192 e. The molecule has 0 spiro atoms. The molecule has 0 aliphatic heterocycles. The van der Waals surface area contributed by atoms with Crippen molar-refractivity contribution >= 4 is 28.5 Å². The Balaban J connectivity index is 1.84. The third kappa shape index (κ3) is 3.62. The summed E-state index contributed by atoms with van der Waals surface area (Å²) in [5.41, 5.74) is 3.44. The fraction of sp³-hybridized carbons (Fsp3) is 0.100. The average molecular weight is 364 g/mol. The lowest BCUT2D eigenvalue weighted by Gasteiger charge is -2.08. The van der Waals surface area contributed by atoms with Gasteiger partial charge in [-0.25, -0.2) is 9.98 Å². The van der Waals surface area contributed by atoms with Crippen molar-refractivity contribution in [2.75, 3.05) is 0 Å². The van der Waals surface area contributed by atoms with Crippen molar-refractivity contribution in [2.45, 2.75) is 13.5 Å². The van der Waals surface area contributed by atoms with Crippen LogP contribution in [0.4, 0.5) is 5.82 Å². The van der Waals surface area contributed by atoms with E-state index < -0.39 is 0 Å². The second-order valence-corrected chi connectivity index (χ2v) is 7.49. The molecule has 25 heavy (non-hydrogen) atoms. The molecule has 0 aliphatic carbocycles. The molecule has 3 nitrogen and oxygen atoms in total. The first-order chi connectivity index (χ1) is 12.3. The summed E-state index contributed by atoms with van der Waals surface area (Å²) in [6.45, 7) is 2.78. The van der Waals surface area contributed by atoms with Crippen molar-refractivity contribution in [3.8, 4) is 10.6 Å². The SMILES string of the molecule is Cc1cccc(/N=c2\scc(-c3cccs3)n2Cc2ccccc2)n1. The number of nitrogens with zero attached hydrogens (tertiary/aromatic N) is 3. The Kier molecular flexibility index (Phi) is 4.59. The van der Waals surface area contributed by atoms with Crippen molar-refractivity contribution in [3.05, 3.63) is 87.5 Å². The largest absolute Gasteiger partial charge is 0.311 e. The summed E-state index contributed by atoms with van der Waals surface area (Å²) in [6, 6.07) is 20.7. The van der Waals surface area contributed by atoms with Gasteiger partial charge in [-0.05, 0) is 36.1 Å². The molecule has 0 atom stereocenters. The Morgan fingerprint density at radius 3 is 2.60 bits per heavy atom. The van der Waals surface area contributed by atoms with E-state index in [9.17, 15) is 0 Å². The van der Waals surface area contributed by atoms with E-state index in [4.69, 9.17) is 4.99 Å². The van der Waals surface area contributed by atoms with E-state index in [2.05, 4.69) is 56.7 Å². The zero-order chi connectivity index (χ0) is 17.1. The number of pyridine rings is 1. The zero-order valence-electron chi connectivity index (χ0n) is 13.8. The fourth-order valence-electron chi connectivity index (χ4n) is 2.65. The summed E-state index contributed by atoms with van der Waals surface area (Å²) in [4.78, 5) is 11.5. The van der Waals surface area contributed by atoms with E-state index in [0.717, 1.165) is 22.9 Å². The topological polar surface area (TPSA) is 30.2 Å². The first kappa shape index (κ1) is 16.0. The average Bonchev–Trinajstić information content (AvgIpc) is 3.27. The molecule has 0 saturated carbocycles. The molecule has 4 aromatic rings. The van der Waals surface area contributed by atoms with Gasteiger partial charge in [-0.3, -0.25) is 0 Å². The minimum Gasteiger partial charge on any atom is -0.311 e.